The van der Waals surface area contributed by atoms with Gasteiger partial charge in [-0.2, -0.15) is 23.1 Å². The van der Waals surface area contributed by atoms with Gasteiger partial charge in [-0.05, 0) is 46.2 Å². The molecule has 186 valence electrons. The summed E-state index contributed by atoms with van der Waals surface area (Å²) < 4.78 is 50.8. The van der Waals surface area contributed by atoms with E-state index < -0.39 is 21.6 Å². The molecule has 0 radical (unpaired) electrons. The fourth-order valence-corrected chi connectivity index (χ4v) is 6.50. The summed E-state index contributed by atoms with van der Waals surface area (Å²) in [5.74, 6) is 0.0644. The van der Waals surface area contributed by atoms with Crippen LogP contribution < -0.4 is 19.1 Å². The number of nitrogens with one attached hydrogen (secondary N) is 2. The van der Waals surface area contributed by atoms with Crippen LogP contribution in [0.15, 0.2) is 6.20 Å². The van der Waals surface area contributed by atoms with Crippen molar-refractivity contribution in [2.75, 3.05) is 51.8 Å². The number of aromatic nitrogens is 3. The normalized spacial score (nSPS) is 25.4. The van der Waals surface area contributed by atoms with Crippen LogP contribution >= 0.6 is 0 Å². The number of aryl methyl sites for hydroxylation is 1. The number of piperidine rings is 1. The number of nitrogens with zero attached hydrogens (tertiary/aromatic N) is 5. The molecule has 1 spiro atoms. The third-order valence-electron chi connectivity index (χ3n) is 6.99. The van der Waals surface area contributed by atoms with Crippen molar-refractivity contribution in [3.8, 4) is 6.01 Å². The molecule has 3 aliphatic rings. The van der Waals surface area contributed by atoms with Crippen LogP contribution in [0, 0.1) is 11.2 Å². The lowest BCUT2D eigenvalue weighted by molar-refractivity contribution is 0.183. The van der Waals surface area contributed by atoms with Crippen molar-refractivity contribution in [2.45, 2.75) is 44.6 Å². The molecule has 2 saturated heterocycles. The smallest absolute Gasteiger partial charge is 0.319 e. The Bertz CT molecular complexity index is 1200. The minimum absolute atomic E-state index is 0.0797. The van der Waals surface area contributed by atoms with E-state index in [2.05, 4.69) is 24.3 Å². The van der Waals surface area contributed by atoms with Crippen molar-refractivity contribution in [1.29, 1.82) is 0 Å². The van der Waals surface area contributed by atoms with Gasteiger partial charge in [0.15, 0.2) is 5.82 Å². The van der Waals surface area contributed by atoms with Gasteiger partial charge in [-0.15, -0.1) is 0 Å². The monoisotopic (exact) mass is 493 g/mol. The highest BCUT2D eigenvalue weighted by atomic mass is 32.2. The number of pyridine rings is 1. The van der Waals surface area contributed by atoms with E-state index in [1.165, 1.54) is 0 Å². The van der Waals surface area contributed by atoms with E-state index in [1.807, 2.05) is 25.9 Å². The van der Waals surface area contributed by atoms with Crippen molar-refractivity contribution in [3.05, 3.63) is 17.7 Å². The topological polar surface area (TPSA) is 113 Å². The molecule has 5 rings (SSSR count). The van der Waals surface area contributed by atoms with Gasteiger partial charge in [-0.25, -0.2) is 9.11 Å². The summed E-state index contributed by atoms with van der Waals surface area (Å²) in [5, 5.41) is 0.502. The Morgan fingerprint density at radius 3 is 2.71 bits per heavy atom. The maximum Gasteiger partial charge on any atom is 0.319 e. The van der Waals surface area contributed by atoms with Crippen molar-refractivity contribution >= 4 is 26.9 Å². The molecule has 10 nitrogen and oxygen atoms in total. The molecule has 0 aromatic carbocycles. The van der Waals surface area contributed by atoms with Gasteiger partial charge in [0.2, 0.25) is 0 Å². The second kappa shape index (κ2) is 8.51. The number of hydrogen-bond acceptors (Lipinski definition) is 8. The molecular formula is C22H32FN7O3S. The van der Waals surface area contributed by atoms with Crippen LogP contribution in [0.1, 0.15) is 38.3 Å². The maximum absolute atomic E-state index is 15.3. The van der Waals surface area contributed by atoms with Crippen LogP contribution in [0.2, 0.25) is 0 Å². The quantitative estimate of drug-likeness (QED) is 0.592. The fraction of sp³-hybridized carbons (Fsp3) is 0.682. The second-order valence-corrected chi connectivity index (χ2v) is 11.7. The molecule has 34 heavy (non-hydrogen) atoms. The third kappa shape index (κ3) is 4.56. The lowest BCUT2D eigenvalue weighted by atomic mass is 9.90. The minimum atomic E-state index is -3.51. The number of rotatable bonds is 7. The number of hydrogen-bond donors (Lipinski definition) is 2. The predicted molar refractivity (Wildman–Crippen MR) is 127 cm³/mol. The first-order valence-corrected chi connectivity index (χ1v) is 13.3. The standard InChI is InChI=1S/C22H32FN7O3S/c1-4-16-17(23)18-15(10-24-16)19(27-20(26-18)33-14-21(7-8-21)12-29(2)3)30-9-5-6-22(13-30)11-25-34(31,32)28-22/h10,25,28H,4-9,11-14H2,1-3H3. The average molecular weight is 494 g/mol. The van der Waals surface area contributed by atoms with Gasteiger partial charge in [0, 0.05) is 37.8 Å². The molecule has 1 aliphatic carbocycles. The SMILES string of the molecule is CCc1ncc2c(N3CCCC4(CNS(=O)(=O)N4)C3)nc(OCC3(CN(C)C)CC3)nc2c1F. The van der Waals surface area contributed by atoms with Gasteiger partial charge in [-0.3, -0.25) is 4.98 Å². The largest absolute Gasteiger partial charge is 0.463 e. The van der Waals surface area contributed by atoms with E-state index in [-0.39, 0.29) is 16.9 Å². The molecule has 0 amide bonds. The summed E-state index contributed by atoms with van der Waals surface area (Å²) >= 11 is 0. The first kappa shape index (κ1) is 23.6. The van der Waals surface area contributed by atoms with Gasteiger partial charge in [0.1, 0.15) is 11.3 Å². The van der Waals surface area contributed by atoms with E-state index in [0.717, 1.165) is 25.8 Å². The Hall–Kier alpha value is -2.15. The molecule has 12 heteroatoms. The summed E-state index contributed by atoms with van der Waals surface area (Å²) in [5.41, 5.74) is -0.0172. The summed E-state index contributed by atoms with van der Waals surface area (Å²) in [6, 6.07) is 0.143. The number of halogens is 1. The molecule has 1 saturated carbocycles. The van der Waals surface area contributed by atoms with E-state index in [4.69, 9.17) is 9.72 Å². The number of fused-ring (bicyclic) bond motifs is 1. The number of ether oxygens (including phenoxy) is 1. The van der Waals surface area contributed by atoms with Crippen molar-refractivity contribution in [3.63, 3.8) is 0 Å². The van der Waals surface area contributed by atoms with E-state index >= 15 is 4.39 Å². The summed E-state index contributed by atoms with van der Waals surface area (Å²) in [7, 11) is 0.564. The van der Waals surface area contributed by atoms with Gasteiger partial charge in [-0.1, -0.05) is 6.92 Å². The van der Waals surface area contributed by atoms with E-state index in [0.29, 0.717) is 56.0 Å². The maximum atomic E-state index is 15.3. The van der Waals surface area contributed by atoms with Crippen molar-refractivity contribution < 1.29 is 17.5 Å². The summed E-state index contributed by atoms with van der Waals surface area (Å²) in [4.78, 5) is 17.6. The van der Waals surface area contributed by atoms with Crippen LogP contribution in [0.5, 0.6) is 6.01 Å². The second-order valence-electron chi connectivity index (χ2n) is 10.2. The zero-order valence-corrected chi connectivity index (χ0v) is 20.7. The Labute approximate surface area is 199 Å². The highest BCUT2D eigenvalue weighted by Gasteiger charge is 2.45. The summed E-state index contributed by atoms with van der Waals surface area (Å²) in [6.45, 7) is 4.61. The first-order valence-electron chi connectivity index (χ1n) is 11.8. The van der Waals surface area contributed by atoms with Gasteiger partial charge in [0.05, 0.1) is 23.2 Å². The Morgan fingerprint density at radius 1 is 1.26 bits per heavy atom. The van der Waals surface area contributed by atoms with Gasteiger partial charge < -0.3 is 14.5 Å². The molecule has 2 aliphatic heterocycles. The van der Waals surface area contributed by atoms with Crippen LogP contribution in [-0.2, 0) is 16.6 Å². The third-order valence-corrected chi connectivity index (χ3v) is 8.22. The molecule has 3 fully saturated rings. The Morgan fingerprint density at radius 2 is 2.06 bits per heavy atom. The van der Waals surface area contributed by atoms with Gasteiger partial charge >= 0.3 is 6.01 Å². The summed E-state index contributed by atoms with van der Waals surface area (Å²) in [6.07, 6.45) is 5.69. The predicted octanol–water partition coefficient (Wildman–Crippen LogP) is 1.22. The molecule has 2 N–H and O–H groups in total. The average Bonchev–Trinajstić information content (AvgIpc) is 3.48. The Kier molecular flexibility index (Phi) is 5.90. The zero-order valence-electron chi connectivity index (χ0n) is 19.9. The van der Waals surface area contributed by atoms with Crippen LogP contribution in [-0.4, -0.2) is 80.7 Å². The fourth-order valence-electron chi connectivity index (χ4n) is 5.16. The molecule has 4 heterocycles. The first-order chi connectivity index (χ1) is 16.1. The van der Waals surface area contributed by atoms with Crippen molar-refractivity contribution in [2.24, 2.45) is 5.41 Å². The number of anilines is 1. The van der Waals surface area contributed by atoms with Crippen LogP contribution in [0.3, 0.4) is 0 Å². The lowest BCUT2D eigenvalue weighted by Crippen LogP contribution is -2.56. The molecule has 1 unspecified atom stereocenters. The van der Waals surface area contributed by atoms with Crippen molar-refractivity contribution in [1.82, 2.24) is 29.3 Å². The lowest BCUT2D eigenvalue weighted by Gasteiger charge is -2.40. The molecule has 0 bridgehead atoms. The molecule has 2 aromatic heterocycles. The Balaban J connectivity index is 1.50. The van der Waals surface area contributed by atoms with Crippen LogP contribution in [0.4, 0.5) is 10.2 Å². The molecular weight excluding hydrogens is 461 g/mol. The highest BCUT2D eigenvalue weighted by molar-refractivity contribution is 7.87. The van der Waals surface area contributed by atoms with E-state index in [9.17, 15) is 8.42 Å². The minimum Gasteiger partial charge on any atom is -0.463 e. The van der Waals surface area contributed by atoms with E-state index in [1.54, 1.807) is 6.20 Å². The molecule has 2 aromatic rings. The molecule has 1 atom stereocenters. The highest BCUT2D eigenvalue weighted by Crippen LogP contribution is 2.46. The van der Waals surface area contributed by atoms with Crippen LogP contribution in [0.25, 0.3) is 10.9 Å². The zero-order chi connectivity index (χ0) is 24.1. The van der Waals surface area contributed by atoms with Gasteiger partial charge in [0.25, 0.3) is 10.2 Å².